The average molecular weight is 250 g/mol. The molecule has 0 amide bonds. The average Bonchev–Trinajstić information content (AvgIpc) is 3.08. The maximum absolute atomic E-state index is 5.76. The van der Waals surface area contributed by atoms with Crippen molar-refractivity contribution in [3.05, 3.63) is 5.89 Å². The van der Waals surface area contributed by atoms with E-state index in [1.807, 2.05) is 0 Å². The number of nitrogens with zero attached hydrogens (tertiary/aromatic N) is 3. The lowest BCUT2D eigenvalue weighted by Gasteiger charge is -2.35. The lowest BCUT2D eigenvalue weighted by Crippen LogP contribution is -2.41. The number of aromatic nitrogens is 2. The van der Waals surface area contributed by atoms with Gasteiger partial charge in [0.15, 0.2) is 0 Å². The van der Waals surface area contributed by atoms with Gasteiger partial charge in [0.05, 0.1) is 6.54 Å². The smallest absolute Gasteiger partial charge is 0.318 e. The van der Waals surface area contributed by atoms with Gasteiger partial charge in [-0.25, -0.2) is 0 Å². The lowest BCUT2D eigenvalue weighted by molar-refractivity contribution is 0.359. The highest BCUT2D eigenvalue weighted by molar-refractivity contribution is 5.27. The molecule has 0 bridgehead atoms. The molecule has 0 aromatic carbocycles. The van der Waals surface area contributed by atoms with Crippen LogP contribution in [0.25, 0.3) is 0 Å². The Morgan fingerprint density at radius 3 is 2.83 bits per heavy atom. The predicted molar refractivity (Wildman–Crippen MR) is 69.4 cm³/mol. The molecule has 3 rings (SSSR count). The lowest BCUT2D eigenvalue weighted by atomic mass is 9.96. The Morgan fingerprint density at radius 2 is 2.06 bits per heavy atom. The quantitative estimate of drug-likeness (QED) is 0.885. The van der Waals surface area contributed by atoms with Crippen LogP contribution in [0.1, 0.15) is 45.4 Å². The predicted octanol–water partition coefficient (Wildman–Crippen LogP) is 1.95. The maximum Gasteiger partial charge on any atom is 0.318 e. The molecule has 100 valence electrons. The fourth-order valence-electron chi connectivity index (χ4n) is 2.51. The largest absolute Gasteiger partial charge is 0.407 e. The molecule has 1 aliphatic heterocycles. The van der Waals surface area contributed by atoms with Gasteiger partial charge in [-0.15, -0.1) is 5.10 Å². The van der Waals surface area contributed by atoms with Crippen molar-refractivity contribution in [3.8, 4) is 0 Å². The molecule has 2 aliphatic rings. The molecular weight excluding hydrogens is 228 g/mol. The van der Waals surface area contributed by atoms with Crippen LogP contribution in [0.5, 0.6) is 0 Å². The van der Waals surface area contributed by atoms with E-state index in [2.05, 4.69) is 34.3 Å². The molecule has 1 saturated heterocycles. The summed E-state index contributed by atoms with van der Waals surface area (Å²) in [6, 6.07) is 1.88. The minimum Gasteiger partial charge on any atom is -0.407 e. The summed E-state index contributed by atoms with van der Waals surface area (Å²) in [5.74, 6) is 1.42. The van der Waals surface area contributed by atoms with Gasteiger partial charge in [0.1, 0.15) is 0 Å². The Morgan fingerprint density at radius 1 is 1.22 bits per heavy atom. The Balaban J connectivity index is 1.63. The fourth-order valence-corrected chi connectivity index (χ4v) is 2.51. The summed E-state index contributed by atoms with van der Waals surface area (Å²) in [6.07, 6.45) is 5.06. The number of nitrogens with one attached hydrogen (secondary N) is 1. The highest BCUT2D eigenvalue weighted by Crippen LogP contribution is 2.26. The van der Waals surface area contributed by atoms with Crippen LogP contribution < -0.4 is 10.2 Å². The van der Waals surface area contributed by atoms with Crippen LogP contribution in [0, 0.1) is 5.92 Å². The molecule has 5 nitrogen and oxygen atoms in total. The molecule has 2 heterocycles. The van der Waals surface area contributed by atoms with E-state index in [1.165, 1.54) is 25.7 Å². The van der Waals surface area contributed by atoms with E-state index >= 15 is 0 Å². The Kier molecular flexibility index (Phi) is 3.24. The van der Waals surface area contributed by atoms with E-state index in [1.54, 1.807) is 0 Å². The topological polar surface area (TPSA) is 54.2 Å². The third-order valence-electron chi connectivity index (χ3n) is 3.94. The first kappa shape index (κ1) is 12.0. The third-order valence-corrected chi connectivity index (χ3v) is 3.94. The van der Waals surface area contributed by atoms with Crippen LogP contribution in [0.2, 0.25) is 0 Å². The van der Waals surface area contributed by atoms with Crippen molar-refractivity contribution >= 4 is 6.01 Å². The summed E-state index contributed by atoms with van der Waals surface area (Å²) in [4.78, 5) is 2.25. The molecule has 1 N–H and O–H groups in total. The Hall–Kier alpha value is -1.10. The number of rotatable bonds is 4. The summed E-state index contributed by atoms with van der Waals surface area (Å²) in [5, 5.41) is 11.7. The van der Waals surface area contributed by atoms with Crippen LogP contribution in [0.3, 0.4) is 0 Å². The van der Waals surface area contributed by atoms with Crippen molar-refractivity contribution < 1.29 is 4.42 Å². The molecule has 2 atom stereocenters. The molecule has 1 aliphatic carbocycles. The van der Waals surface area contributed by atoms with Crippen molar-refractivity contribution in [2.75, 3.05) is 11.4 Å². The van der Waals surface area contributed by atoms with E-state index in [-0.39, 0.29) is 0 Å². The van der Waals surface area contributed by atoms with Crippen molar-refractivity contribution in [2.24, 2.45) is 5.92 Å². The van der Waals surface area contributed by atoms with Crippen LogP contribution in [-0.2, 0) is 6.54 Å². The summed E-state index contributed by atoms with van der Waals surface area (Å²) in [7, 11) is 0. The standard InChI is InChI=1S/C13H22N4O/c1-9-3-4-10(2)17(8-9)13-16-15-12(18-13)7-14-11-5-6-11/h9-11,14H,3-8H2,1-2H3. The second kappa shape index (κ2) is 4.88. The van der Waals surface area contributed by atoms with Gasteiger partial charge in [-0.05, 0) is 38.5 Å². The molecule has 0 radical (unpaired) electrons. The van der Waals surface area contributed by atoms with Crippen LogP contribution in [0.15, 0.2) is 4.42 Å². The molecular formula is C13H22N4O. The molecule has 5 heteroatoms. The van der Waals surface area contributed by atoms with E-state index in [9.17, 15) is 0 Å². The van der Waals surface area contributed by atoms with E-state index in [4.69, 9.17) is 4.42 Å². The van der Waals surface area contributed by atoms with Crippen LogP contribution in [0.4, 0.5) is 6.01 Å². The first-order chi connectivity index (χ1) is 8.72. The van der Waals surface area contributed by atoms with E-state index in [0.717, 1.165) is 6.54 Å². The second-order valence-corrected chi connectivity index (χ2v) is 5.82. The highest BCUT2D eigenvalue weighted by atomic mass is 16.4. The zero-order chi connectivity index (χ0) is 12.5. The minimum absolute atomic E-state index is 0.505. The number of hydrogen-bond donors (Lipinski definition) is 1. The van der Waals surface area contributed by atoms with Gasteiger partial charge >= 0.3 is 6.01 Å². The van der Waals surface area contributed by atoms with Gasteiger partial charge in [0, 0.05) is 18.6 Å². The van der Waals surface area contributed by atoms with E-state index < -0.39 is 0 Å². The van der Waals surface area contributed by atoms with Crippen molar-refractivity contribution in [1.29, 1.82) is 0 Å². The molecule has 2 unspecified atom stereocenters. The van der Waals surface area contributed by atoms with Gasteiger partial charge in [-0.3, -0.25) is 0 Å². The van der Waals surface area contributed by atoms with Crippen LogP contribution >= 0.6 is 0 Å². The zero-order valence-corrected chi connectivity index (χ0v) is 11.2. The number of piperidine rings is 1. The minimum atomic E-state index is 0.505. The van der Waals surface area contributed by atoms with E-state index in [0.29, 0.717) is 36.5 Å². The van der Waals surface area contributed by atoms with Crippen LogP contribution in [-0.4, -0.2) is 28.8 Å². The third kappa shape index (κ3) is 2.66. The second-order valence-electron chi connectivity index (χ2n) is 5.82. The van der Waals surface area contributed by atoms with Gasteiger partial charge in [0.25, 0.3) is 0 Å². The molecule has 0 spiro atoms. The highest BCUT2D eigenvalue weighted by Gasteiger charge is 2.27. The Bertz CT molecular complexity index is 401. The number of anilines is 1. The van der Waals surface area contributed by atoms with Crippen molar-refractivity contribution in [3.63, 3.8) is 0 Å². The van der Waals surface area contributed by atoms with Gasteiger partial charge in [0.2, 0.25) is 5.89 Å². The van der Waals surface area contributed by atoms with Crippen molar-refractivity contribution in [2.45, 2.75) is 58.2 Å². The zero-order valence-electron chi connectivity index (χ0n) is 11.2. The summed E-state index contributed by atoms with van der Waals surface area (Å²) < 4.78 is 5.76. The molecule has 1 aromatic heterocycles. The first-order valence-corrected chi connectivity index (χ1v) is 7.05. The number of hydrogen-bond acceptors (Lipinski definition) is 5. The summed E-state index contributed by atoms with van der Waals surface area (Å²) >= 11 is 0. The molecule has 18 heavy (non-hydrogen) atoms. The molecule has 1 aromatic rings. The summed E-state index contributed by atoms with van der Waals surface area (Å²) in [5.41, 5.74) is 0. The fraction of sp³-hybridized carbons (Fsp3) is 0.846. The van der Waals surface area contributed by atoms with Gasteiger partial charge in [-0.1, -0.05) is 12.0 Å². The van der Waals surface area contributed by atoms with Gasteiger partial charge in [-0.2, -0.15) is 0 Å². The normalized spacial score (nSPS) is 28.7. The van der Waals surface area contributed by atoms with Crippen molar-refractivity contribution in [1.82, 2.24) is 15.5 Å². The monoisotopic (exact) mass is 250 g/mol. The molecule has 1 saturated carbocycles. The first-order valence-electron chi connectivity index (χ1n) is 7.05. The van der Waals surface area contributed by atoms with Gasteiger partial charge < -0.3 is 14.6 Å². The molecule has 2 fully saturated rings. The summed E-state index contributed by atoms with van der Waals surface area (Å²) in [6.45, 7) is 6.25. The maximum atomic E-state index is 5.76. The SMILES string of the molecule is CC1CCC(C)N(c2nnc(CNC3CC3)o2)C1. The Labute approximate surface area is 108 Å².